The van der Waals surface area contributed by atoms with Crippen LogP contribution in [-0.2, 0) is 11.2 Å². The van der Waals surface area contributed by atoms with E-state index in [0.29, 0.717) is 5.75 Å². The number of aromatic nitrogens is 4. The summed E-state index contributed by atoms with van der Waals surface area (Å²) in [6.07, 6.45) is 2.40. The molecule has 3 aromatic rings. The molecule has 7 nitrogen and oxygen atoms in total. The van der Waals surface area contributed by atoms with Gasteiger partial charge in [0.2, 0.25) is 0 Å². The fourth-order valence-electron chi connectivity index (χ4n) is 3.13. The fourth-order valence-corrected chi connectivity index (χ4v) is 3.13. The van der Waals surface area contributed by atoms with Crippen molar-refractivity contribution in [2.45, 2.75) is 19.4 Å². The standard InChI is InChI=1S/C18H17N5O2/c1-13-10-14-4-2-3-5-17(14)23(13)18(24)11-25-16-8-6-15(7-9-16)22-12-19-20-21-22/h2-9,12-13H,10-11H2,1H3. The molecule has 2 heterocycles. The van der Waals surface area contributed by atoms with E-state index in [1.54, 1.807) is 16.8 Å². The molecule has 1 aromatic heterocycles. The van der Waals surface area contributed by atoms with Crippen molar-refractivity contribution in [2.24, 2.45) is 0 Å². The van der Waals surface area contributed by atoms with Gasteiger partial charge in [-0.15, -0.1) is 5.10 Å². The Morgan fingerprint density at radius 3 is 2.76 bits per heavy atom. The molecule has 0 bridgehead atoms. The van der Waals surface area contributed by atoms with Crippen LogP contribution in [0.5, 0.6) is 5.75 Å². The molecule has 1 aliphatic heterocycles. The maximum absolute atomic E-state index is 12.6. The monoisotopic (exact) mass is 335 g/mol. The van der Waals surface area contributed by atoms with Crippen LogP contribution in [0.3, 0.4) is 0 Å². The van der Waals surface area contributed by atoms with Gasteiger partial charge in [0.15, 0.2) is 6.61 Å². The molecule has 1 amide bonds. The summed E-state index contributed by atoms with van der Waals surface area (Å²) in [5.41, 5.74) is 3.01. The van der Waals surface area contributed by atoms with Crippen LogP contribution >= 0.6 is 0 Å². The molecule has 25 heavy (non-hydrogen) atoms. The van der Waals surface area contributed by atoms with Gasteiger partial charge >= 0.3 is 0 Å². The quantitative estimate of drug-likeness (QED) is 0.729. The number of benzene rings is 2. The summed E-state index contributed by atoms with van der Waals surface area (Å²) in [4.78, 5) is 14.4. The molecule has 1 unspecified atom stereocenters. The molecular formula is C18H17N5O2. The van der Waals surface area contributed by atoms with Gasteiger partial charge in [0.25, 0.3) is 5.91 Å². The third kappa shape index (κ3) is 2.96. The number of fused-ring (bicyclic) bond motifs is 1. The number of amides is 1. The minimum Gasteiger partial charge on any atom is -0.484 e. The topological polar surface area (TPSA) is 73.1 Å². The molecule has 0 aliphatic carbocycles. The molecule has 1 atom stereocenters. The number of hydrogen-bond donors (Lipinski definition) is 0. The zero-order valence-electron chi connectivity index (χ0n) is 13.7. The van der Waals surface area contributed by atoms with Crippen LogP contribution < -0.4 is 9.64 Å². The lowest BCUT2D eigenvalue weighted by atomic mass is 10.1. The molecule has 126 valence electrons. The Bertz CT molecular complexity index is 877. The van der Waals surface area contributed by atoms with Crippen LogP contribution in [0, 0.1) is 0 Å². The minimum atomic E-state index is -0.0398. The van der Waals surface area contributed by atoms with E-state index in [1.807, 2.05) is 35.2 Å². The highest BCUT2D eigenvalue weighted by Gasteiger charge is 2.30. The molecule has 4 rings (SSSR count). The number of hydrogen-bond acceptors (Lipinski definition) is 5. The van der Waals surface area contributed by atoms with Crippen LogP contribution in [0.25, 0.3) is 5.69 Å². The normalized spacial score (nSPS) is 15.9. The van der Waals surface area contributed by atoms with E-state index >= 15 is 0 Å². The van der Waals surface area contributed by atoms with Gasteiger partial charge in [-0.05, 0) is 59.7 Å². The number of para-hydroxylation sites is 1. The Hall–Kier alpha value is -3.22. The number of ether oxygens (including phenoxy) is 1. The zero-order chi connectivity index (χ0) is 17.2. The summed E-state index contributed by atoms with van der Waals surface area (Å²) in [5.74, 6) is 0.590. The Kier molecular flexibility index (Phi) is 3.89. The van der Waals surface area contributed by atoms with Gasteiger partial charge < -0.3 is 9.64 Å². The molecule has 2 aromatic carbocycles. The zero-order valence-corrected chi connectivity index (χ0v) is 13.7. The summed E-state index contributed by atoms with van der Waals surface area (Å²) in [6, 6.07) is 15.4. The van der Waals surface area contributed by atoms with Crippen molar-refractivity contribution >= 4 is 11.6 Å². The number of carbonyl (C=O) groups is 1. The maximum atomic E-state index is 12.6. The van der Waals surface area contributed by atoms with Gasteiger partial charge in [-0.2, -0.15) is 0 Å². The second-order valence-corrected chi connectivity index (χ2v) is 5.98. The predicted octanol–water partition coefficient (Wildman–Crippen LogP) is 2.02. The van der Waals surface area contributed by atoms with Crippen molar-refractivity contribution in [3.8, 4) is 11.4 Å². The number of nitrogens with zero attached hydrogens (tertiary/aromatic N) is 5. The Balaban J connectivity index is 1.42. The molecular weight excluding hydrogens is 318 g/mol. The highest BCUT2D eigenvalue weighted by Crippen LogP contribution is 2.31. The Morgan fingerprint density at radius 2 is 2.00 bits per heavy atom. The first-order valence-corrected chi connectivity index (χ1v) is 8.08. The maximum Gasteiger partial charge on any atom is 0.265 e. The molecule has 0 spiro atoms. The van der Waals surface area contributed by atoms with E-state index in [9.17, 15) is 4.79 Å². The van der Waals surface area contributed by atoms with Crippen LogP contribution in [-0.4, -0.2) is 38.8 Å². The van der Waals surface area contributed by atoms with Gasteiger partial charge in [0.1, 0.15) is 12.1 Å². The summed E-state index contributed by atoms with van der Waals surface area (Å²) in [7, 11) is 0. The van der Waals surface area contributed by atoms with Gasteiger partial charge in [-0.25, -0.2) is 4.68 Å². The number of rotatable bonds is 4. The van der Waals surface area contributed by atoms with Crippen LogP contribution in [0.1, 0.15) is 12.5 Å². The largest absolute Gasteiger partial charge is 0.484 e. The lowest BCUT2D eigenvalue weighted by Crippen LogP contribution is -2.39. The third-order valence-electron chi connectivity index (χ3n) is 4.29. The van der Waals surface area contributed by atoms with E-state index < -0.39 is 0 Å². The van der Waals surface area contributed by atoms with Crippen LogP contribution in [0.2, 0.25) is 0 Å². The van der Waals surface area contributed by atoms with E-state index in [-0.39, 0.29) is 18.6 Å². The SMILES string of the molecule is CC1Cc2ccccc2N1C(=O)COc1ccc(-n2cnnn2)cc1. The van der Waals surface area contributed by atoms with Crippen molar-refractivity contribution in [3.05, 3.63) is 60.4 Å². The number of anilines is 1. The first kappa shape index (κ1) is 15.3. The van der Waals surface area contributed by atoms with Crippen molar-refractivity contribution < 1.29 is 9.53 Å². The first-order chi connectivity index (χ1) is 12.2. The van der Waals surface area contributed by atoms with Crippen molar-refractivity contribution in [1.29, 1.82) is 0 Å². The molecule has 0 saturated carbocycles. The summed E-state index contributed by atoms with van der Waals surface area (Å²) in [5, 5.41) is 11.0. The average Bonchev–Trinajstić information content (AvgIpc) is 3.27. The average molecular weight is 335 g/mol. The molecule has 0 fully saturated rings. The van der Waals surface area contributed by atoms with E-state index in [0.717, 1.165) is 17.8 Å². The van der Waals surface area contributed by atoms with Crippen LogP contribution in [0.15, 0.2) is 54.9 Å². The van der Waals surface area contributed by atoms with Gasteiger partial charge in [-0.1, -0.05) is 18.2 Å². The van der Waals surface area contributed by atoms with Crippen molar-refractivity contribution in [2.75, 3.05) is 11.5 Å². The molecule has 7 heteroatoms. The van der Waals surface area contributed by atoms with Gasteiger partial charge in [-0.3, -0.25) is 4.79 Å². The lowest BCUT2D eigenvalue weighted by molar-refractivity contribution is -0.120. The summed E-state index contributed by atoms with van der Waals surface area (Å²) < 4.78 is 7.22. The molecule has 0 N–H and O–H groups in total. The van der Waals surface area contributed by atoms with E-state index in [4.69, 9.17) is 4.74 Å². The second kappa shape index (κ2) is 6.35. The number of carbonyl (C=O) groups excluding carboxylic acids is 1. The van der Waals surface area contributed by atoms with E-state index in [2.05, 4.69) is 28.5 Å². The van der Waals surface area contributed by atoms with Gasteiger partial charge in [0, 0.05) is 11.7 Å². The summed E-state index contributed by atoms with van der Waals surface area (Å²) in [6.45, 7) is 2.06. The predicted molar refractivity (Wildman–Crippen MR) is 91.7 cm³/mol. The molecule has 0 saturated heterocycles. The first-order valence-electron chi connectivity index (χ1n) is 8.08. The lowest BCUT2D eigenvalue weighted by Gasteiger charge is -2.22. The van der Waals surface area contributed by atoms with Crippen molar-refractivity contribution in [1.82, 2.24) is 20.2 Å². The van der Waals surface area contributed by atoms with Gasteiger partial charge in [0.05, 0.1) is 5.69 Å². The van der Waals surface area contributed by atoms with E-state index in [1.165, 1.54) is 11.9 Å². The summed E-state index contributed by atoms with van der Waals surface area (Å²) >= 11 is 0. The molecule has 0 radical (unpaired) electrons. The number of tetrazole rings is 1. The molecule has 1 aliphatic rings. The minimum absolute atomic E-state index is 0.00288. The van der Waals surface area contributed by atoms with Crippen molar-refractivity contribution in [3.63, 3.8) is 0 Å². The Morgan fingerprint density at radius 1 is 1.20 bits per heavy atom. The third-order valence-corrected chi connectivity index (χ3v) is 4.29. The Labute approximate surface area is 144 Å². The highest BCUT2D eigenvalue weighted by atomic mass is 16.5. The highest BCUT2D eigenvalue weighted by molar-refractivity contribution is 5.97. The fraction of sp³-hybridized carbons (Fsp3) is 0.222. The van der Waals surface area contributed by atoms with Crippen LogP contribution in [0.4, 0.5) is 5.69 Å². The second-order valence-electron chi connectivity index (χ2n) is 5.98. The smallest absolute Gasteiger partial charge is 0.265 e.